The summed E-state index contributed by atoms with van der Waals surface area (Å²) in [6.07, 6.45) is 3.91. The van der Waals surface area contributed by atoms with Gasteiger partial charge in [-0.1, -0.05) is 30.3 Å². The summed E-state index contributed by atoms with van der Waals surface area (Å²) < 4.78 is 0. The maximum atomic E-state index is 2.30. The van der Waals surface area contributed by atoms with E-state index >= 15 is 0 Å². The summed E-state index contributed by atoms with van der Waals surface area (Å²) >= 11 is 1.89. The first-order chi connectivity index (χ1) is 7.45. The quantitative estimate of drug-likeness (QED) is 0.667. The third-order valence-electron chi connectivity index (χ3n) is 3.26. The van der Waals surface area contributed by atoms with Crippen LogP contribution in [-0.2, 0) is 6.42 Å². The zero-order valence-corrected chi connectivity index (χ0v) is 9.46. The van der Waals surface area contributed by atoms with Gasteiger partial charge in [-0.05, 0) is 41.8 Å². The fourth-order valence-electron chi connectivity index (χ4n) is 2.54. The van der Waals surface area contributed by atoms with E-state index in [-0.39, 0.29) is 0 Å². The fraction of sp³-hybridized carbons (Fsp3) is 0.286. The van der Waals surface area contributed by atoms with Crippen molar-refractivity contribution in [3.05, 3.63) is 57.8 Å². The average molecular weight is 214 g/mol. The minimum Gasteiger partial charge on any atom is -0.148 e. The lowest BCUT2D eigenvalue weighted by atomic mass is 9.82. The van der Waals surface area contributed by atoms with Crippen molar-refractivity contribution in [2.75, 3.05) is 0 Å². The van der Waals surface area contributed by atoms with Crippen molar-refractivity contribution in [2.24, 2.45) is 0 Å². The standard InChI is InChI=1S/C14H14S/c1-2-7-12-11(5-1)6-3-8-13(12)14-9-4-10-15-14/h1-2,4-5,7,9-10,13H,3,6,8H2. The summed E-state index contributed by atoms with van der Waals surface area (Å²) in [4.78, 5) is 1.53. The molecule has 1 aromatic heterocycles. The van der Waals surface area contributed by atoms with Gasteiger partial charge in [-0.3, -0.25) is 0 Å². The molecular weight excluding hydrogens is 200 g/mol. The van der Waals surface area contributed by atoms with E-state index < -0.39 is 0 Å². The Balaban J connectivity index is 2.06. The van der Waals surface area contributed by atoms with E-state index in [9.17, 15) is 0 Å². The van der Waals surface area contributed by atoms with E-state index in [0.717, 1.165) is 0 Å². The minimum absolute atomic E-state index is 0.662. The van der Waals surface area contributed by atoms with Gasteiger partial charge in [0.15, 0.2) is 0 Å². The van der Waals surface area contributed by atoms with Crippen LogP contribution in [0.25, 0.3) is 0 Å². The van der Waals surface area contributed by atoms with Gasteiger partial charge >= 0.3 is 0 Å². The van der Waals surface area contributed by atoms with E-state index in [1.54, 1.807) is 11.1 Å². The summed E-state index contributed by atoms with van der Waals surface area (Å²) in [6.45, 7) is 0. The molecule has 1 heterocycles. The molecule has 1 heteroatoms. The second-order valence-corrected chi connectivity index (χ2v) is 5.14. The molecule has 0 amide bonds. The number of fused-ring (bicyclic) bond motifs is 1. The molecule has 0 radical (unpaired) electrons. The SMILES string of the molecule is c1csc(C2CCCc3ccccc32)c1. The van der Waals surface area contributed by atoms with E-state index in [0.29, 0.717) is 5.92 Å². The average Bonchev–Trinajstić information content (AvgIpc) is 2.82. The summed E-state index contributed by atoms with van der Waals surface area (Å²) in [5.74, 6) is 0.662. The van der Waals surface area contributed by atoms with Crippen LogP contribution in [0.1, 0.15) is 34.8 Å². The maximum absolute atomic E-state index is 2.30. The number of benzene rings is 1. The summed E-state index contributed by atoms with van der Waals surface area (Å²) in [6, 6.07) is 13.4. The molecule has 0 N–H and O–H groups in total. The molecular formula is C14H14S. The number of thiophene rings is 1. The van der Waals surface area contributed by atoms with Crippen LogP contribution in [0.2, 0.25) is 0 Å². The van der Waals surface area contributed by atoms with Gasteiger partial charge in [0.1, 0.15) is 0 Å². The van der Waals surface area contributed by atoms with Crippen molar-refractivity contribution in [1.82, 2.24) is 0 Å². The van der Waals surface area contributed by atoms with Crippen LogP contribution in [0.4, 0.5) is 0 Å². The molecule has 1 atom stereocenters. The van der Waals surface area contributed by atoms with E-state index in [4.69, 9.17) is 0 Å². The number of hydrogen-bond donors (Lipinski definition) is 0. The molecule has 1 aromatic carbocycles. The molecule has 15 heavy (non-hydrogen) atoms. The van der Waals surface area contributed by atoms with Gasteiger partial charge in [0.25, 0.3) is 0 Å². The Hall–Kier alpha value is -1.08. The molecule has 76 valence electrons. The van der Waals surface area contributed by atoms with E-state index in [2.05, 4.69) is 41.8 Å². The van der Waals surface area contributed by atoms with Crippen LogP contribution < -0.4 is 0 Å². The fourth-order valence-corrected chi connectivity index (χ4v) is 3.42. The molecule has 0 bridgehead atoms. The molecule has 3 rings (SSSR count). The van der Waals surface area contributed by atoms with Crippen LogP contribution >= 0.6 is 11.3 Å². The number of hydrogen-bond acceptors (Lipinski definition) is 1. The number of rotatable bonds is 1. The summed E-state index contributed by atoms with van der Waals surface area (Å²) in [7, 11) is 0. The topological polar surface area (TPSA) is 0 Å². The van der Waals surface area contributed by atoms with E-state index in [1.165, 1.54) is 24.1 Å². The van der Waals surface area contributed by atoms with Gasteiger partial charge in [-0.2, -0.15) is 0 Å². The largest absolute Gasteiger partial charge is 0.148 e. The first kappa shape index (κ1) is 9.17. The van der Waals surface area contributed by atoms with Gasteiger partial charge in [0.05, 0.1) is 0 Å². The zero-order chi connectivity index (χ0) is 10.1. The van der Waals surface area contributed by atoms with Gasteiger partial charge < -0.3 is 0 Å². The molecule has 0 saturated heterocycles. The highest BCUT2D eigenvalue weighted by Gasteiger charge is 2.21. The Morgan fingerprint density at radius 2 is 2.00 bits per heavy atom. The lowest BCUT2D eigenvalue weighted by Gasteiger charge is -2.24. The summed E-state index contributed by atoms with van der Waals surface area (Å²) in [5, 5.41) is 2.19. The lowest BCUT2D eigenvalue weighted by molar-refractivity contribution is 0.623. The molecule has 1 aliphatic carbocycles. The zero-order valence-electron chi connectivity index (χ0n) is 8.65. The first-order valence-electron chi connectivity index (χ1n) is 5.56. The highest BCUT2D eigenvalue weighted by molar-refractivity contribution is 7.10. The Bertz CT molecular complexity index is 442. The Morgan fingerprint density at radius 3 is 2.87 bits per heavy atom. The van der Waals surface area contributed by atoms with Crippen molar-refractivity contribution in [2.45, 2.75) is 25.2 Å². The molecule has 1 unspecified atom stereocenters. The second kappa shape index (κ2) is 3.82. The molecule has 2 aromatic rings. The first-order valence-corrected chi connectivity index (χ1v) is 6.44. The van der Waals surface area contributed by atoms with Gasteiger partial charge in [0.2, 0.25) is 0 Å². The predicted molar refractivity (Wildman–Crippen MR) is 65.5 cm³/mol. The molecule has 0 fully saturated rings. The Morgan fingerprint density at radius 1 is 1.07 bits per heavy atom. The van der Waals surface area contributed by atoms with Crippen molar-refractivity contribution in [3.8, 4) is 0 Å². The van der Waals surface area contributed by atoms with Crippen LogP contribution in [-0.4, -0.2) is 0 Å². The van der Waals surface area contributed by atoms with Crippen LogP contribution in [0, 0.1) is 0 Å². The molecule has 1 aliphatic rings. The van der Waals surface area contributed by atoms with Crippen molar-refractivity contribution < 1.29 is 0 Å². The summed E-state index contributed by atoms with van der Waals surface area (Å²) in [5.41, 5.74) is 3.12. The minimum atomic E-state index is 0.662. The molecule has 0 spiro atoms. The van der Waals surface area contributed by atoms with Crippen molar-refractivity contribution in [3.63, 3.8) is 0 Å². The monoisotopic (exact) mass is 214 g/mol. The van der Waals surface area contributed by atoms with E-state index in [1.807, 2.05) is 11.3 Å². The third-order valence-corrected chi connectivity index (χ3v) is 4.24. The third kappa shape index (κ3) is 1.61. The molecule has 0 nitrogen and oxygen atoms in total. The van der Waals surface area contributed by atoms with Crippen LogP contribution in [0.15, 0.2) is 41.8 Å². The normalized spacial score (nSPS) is 19.9. The smallest absolute Gasteiger partial charge is 0.0186 e. The molecule has 0 saturated carbocycles. The Labute approximate surface area is 94.6 Å². The van der Waals surface area contributed by atoms with Gasteiger partial charge in [0, 0.05) is 10.8 Å². The Kier molecular flexibility index (Phi) is 2.34. The highest BCUT2D eigenvalue weighted by Crippen LogP contribution is 2.38. The maximum Gasteiger partial charge on any atom is 0.0186 e. The second-order valence-electron chi connectivity index (χ2n) is 4.16. The van der Waals surface area contributed by atoms with Crippen LogP contribution in [0.3, 0.4) is 0 Å². The lowest BCUT2D eigenvalue weighted by Crippen LogP contribution is -2.09. The van der Waals surface area contributed by atoms with Crippen molar-refractivity contribution in [1.29, 1.82) is 0 Å². The van der Waals surface area contributed by atoms with Gasteiger partial charge in [-0.25, -0.2) is 0 Å². The predicted octanol–water partition coefficient (Wildman–Crippen LogP) is 4.22. The highest BCUT2D eigenvalue weighted by atomic mass is 32.1. The van der Waals surface area contributed by atoms with Crippen molar-refractivity contribution >= 4 is 11.3 Å². The van der Waals surface area contributed by atoms with Gasteiger partial charge in [-0.15, -0.1) is 11.3 Å². The molecule has 0 aliphatic heterocycles. The number of aryl methyl sites for hydroxylation is 1. The van der Waals surface area contributed by atoms with Crippen LogP contribution in [0.5, 0.6) is 0 Å².